The summed E-state index contributed by atoms with van der Waals surface area (Å²) in [6.07, 6.45) is 0.828. The zero-order valence-corrected chi connectivity index (χ0v) is 12.9. The normalized spacial score (nSPS) is 10.8. The number of para-hydroxylation sites is 1. The first-order valence-electron chi connectivity index (χ1n) is 6.81. The Hall–Kier alpha value is -2.27. The first-order valence-corrected chi connectivity index (χ1v) is 7.68. The summed E-state index contributed by atoms with van der Waals surface area (Å²) in [5.41, 5.74) is 9.24. The van der Waals surface area contributed by atoms with E-state index >= 15 is 0 Å². The zero-order chi connectivity index (χ0) is 14.8. The van der Waals surface area contributed by atoms with Crippen LogP contribution in [0.5, 0.6) is 5.75 Å². The monoisotopic (exact) mass is 299 g/mol. The number of methoxy groups -OCH3 is 1. The molecule has 21 heavy (non-hydrogen) atoms. The van der Waals surface area contributed by atoms with Gasteiger partial charge < -0.3 is 10.5 Å². The minimum Gasteiger partial charge on any atom is -0.495 e. The minimum atomic E-state index is 0.689. The van der Waals surface area contributed by atoms with E-state index in [1.807, 2.05) is 41.8 Å². The number of rotatable bonds is 4. The van der Waals surface area contributed by atoms with Crippen molar-refractivity contribution in [3.05, 3.63) is 47.3 Å². The van der Waals surface area contributed by atoms with Crippen molar-refractivity contribution in [3.8, 4) is 22.0 Å². The number of nitrogen functional groups attached to an aromatic ring is 1. The number of benzene rings is 1. The topological polar surface area (TPSA) is 53.1 Å². The summed E-state index contributed by atoms with van der Waals surface area (Å²) in [5.74, 6) is 1.53. The van der Waals surface area contributed by atoms with Crippen molar-refractivity contribution in [1.82, 2.24) is 9.78 Å². The molecular weight excluding hydrogens is 282 g/mol. The predicted molar refractivity (Wildman–Crippen MR) is 87.2 cm³/mol. The standard InChI is InChI=1S/C16H17N3OS/c1-3-12-14(15-13(20-2)9-10-21-15)18-19(16(12)17)11-7-5-4-6-8-11/h4-10H,3,17H2,1-2H3. The van der Waals surface area contributed by atoms with Crippen LogP contribution < -0.4 is 10.5 Å². The highest BCUT2D eigenvalue weighted by molar-refractivity contribution is 7.14. The maximum absolute atomic E-state index is 6.31. The number of nitrogens with zero attached hydrogens (tertiary/aromatic N) is 2. The predicted octanol–water partition coefficient (Wildman–Crippen LogP) is 3.75. The molecule has 4 nitrogen and oxygen atoms in total. The average Bonchev–Trinajstić information content (AvgIpc) is 3.11. The fourth-order valence-corrected chi connectivity index (χ4v) is 3.26. The molecular formula is C16H17N3OS. The number of hydrogen-bond acceptors (Lipinski definition) is 4. The van der Waals surface area contributed by atoms with Crippen LogP contribution in [0.4, 0.5) is 5.82 Å². The minimum absolute atomic E-state index is 0.689. The molecule has 0 unspecified atom stereocenters. The molecule has 0 aliphatic carbocycles. The largest absolute Gasteiger partial charge is 0.495 e. The van der Waals surface area contributed by atoms with Crippen molar-refractivity contribution >= 4 is 17.2 Å². The van der Waals surface area contributed by atoms with Gasteiger partial charge in [0, 0.05) is 5.56 Å². The second-order valence-electron chi connectivity index (χ2n) is 4.63. The summed E-state index contributed by atoms with van der Waals surface area (Å²) >= 11 is 1.62. The van der Waals surface area contributed by atoms with Crippen LogP contribution in [0.3, 0.4) is 0 Å². The Kier molecular flexibility index (Phi) is 3.66. The van der Waals surface area contributed by atoms with Crippen LogP contribution in [-0.2, 0) is 6.42 Å². The van der Waals surface area contributed by atoms with Crippen molar-refractivity contribution in [1.29, 1.82) is 0 Å². The molecule has 0 radical (unpaired) electrons. The van der Waals surface area contributed by atoms with Crippen LogP contribution in [0, 0.1) is 0 Å². The molecule has 0 amide bonds. The van der Waals surface area contributed by atoms with Crippen molar-refractivity contribution in [3.63, 3.8) is 0 Å². The molecule has 0 saturated heterocycles. The van der Waals surface area contributed by atoms with Gasteiger partial charge in [-0.2, -0.15) is 5.10 Å². The molecule has 2 heterocycles. The van der Waals surface area contributed by atoms with E-state index in [4.69, 9.17) is 15.6 Å². The number of thiophene rings is 1. The number of anilines is 1. The summed E-state index contributed by atoms with van der Waals surface area (Å²) in [4.78, 5) is 1.02. The van der Waals surface area contributed by atoms with Crippen LogP contribution in [0.2, 0.25) is 0 Å². The van der Waals surface area contributed by atoms with Crippen molar-refractivity contribution in [2.45, 2.75) is 13.3 Å². The van der Waals surface area contributed by atoms with E-state index in [0.29, 0.717) is 5.82 Å². The maximum Gasteiger partial charge on any atom is 0.139 e. The highest BCUT2D eigenvalue weighted by Crippen LogP contribution is 2.39. The number of ether oxygens (including phenoxy) is 1. The second-order valence-corrected chi connectivity index (χ2v) is 5.55. The summed E-state index contributed by atoms with van der Waals surface area (Å²) < 4.78 is 7.21. The van der Waals surface area contributed by atoms with Gasteiger partial charge >= 0.3 is 0 Å². The average molecular weight is 299 g/mol. The number of nitrogens with two attached hydrogens (primary N) is 1. The van der Waals surface area contributed by atoms with Crippen LogP contribution in [0.1, 0.15) is 12.5 Å². The van der Waals surface area contributed by atoms with Gasteiger partial charge in [0.1, 0.15) is 17.3 Å². The summed E-state index contributed by atoms with van der Waals surface area (Å²) in [6, 6.07) is 11.9. The molecule has 108 valence electrons. The lowest BCUT2D eigenvalue weighted by Crippen LogP contribution is -2.02. The Bertz CT molecular complexity index is 746. The van der Waals surface area contributed by atoms with Gasteiger partial charge in [0.2, 0.25) is 0 Å². The van der Waals surface area contributed by atoms with E-state index in [1.165, 1.54) is 0 Å². The molecule has 0 aliphatic heterocycles. The lowest BCUT2D eigenvalue weighted by Gasteiger charge is -2.03. The molecule has 3 aromatic rings. The van der Waals surface area contributed by atoms with E-state index < -0.39 is 0 Å². The Morgan fingerprint density at radius 2 is 2.00 bits per heavy atom. The van der Waals surface area contributed by atoms with Crippen LogP contribution >= 0.6 is 11.3 Å². The Morgan fingerprint density at radius 3 is 2.67 bits per heavy atom. The molecule has 0 bridgehead atoms. The van der Waals surface area contributed by atoms with Crippen molar-refractivity contribution < 1.29 is 4.74 Å². The molecule has 2 N–H and O–H groups in total. The van der Waals surface area contributed by atoms with Gasteiger partial charge in [-0.25, -0.2) is 4.68 Å². The molecule has 5 heteroatoms. The molecule has 0 aliphatic rings. The van der Waals surface area contributed by atoms with Gasteiger partial charge in [-0.1, -0.05) is 25.1 Å². The van der Waals surface area contributed by atoms with E-state index in [-0.39, 0.29) is 0 Å². The Balaban J connectivity index is 2.19. The molecule has 1 aromatic carbocycles. The van der Waals surface area contributed by atoms with E-state index in [9.17, 15) is 0 Å². The Morgan fingerprint density at radius 1 is 1.24 bits per heavy atom. The smallest absolute Gasteiger partial charge is 0.139 e. The van der Waals surface area contributed by atoms with Gasteiger partial charge in [0.15, 0.2) is 0 Å². The number of hydrogen-bond donors (Lipinski definition) is 1. The molecule has 0 fully saturated rings. The maximum atomic E-state index is 6.31. The molecule has 2 aromatic heterocycles. The van der Waals surface area contributed by atoms with E-state index in [0.717, 1.165) is 34.0 Å². The molecule has 0 saturated carbocycles. The lowest BCUT2D eigenvalue weighted by atomic mass is 10.1. The SMILES string of the molecule is CCc1c(-c2sccc2OC)nn(-c2ccccc2)c1N. The fraction of sp³-hybridized carbons (Fsp3) is 0.188. The highest BCUT2D eigenvalue weighted by atomic mass is 32.1. The molecule has 3 rings (SSSR count). The zero-order valence-electron chi connectivity index (χ0n) is 12.0. The van der Waals surface area contributed by atoms with Crippen molar-refractivity contribution in [2.75, 3.05) is 12.8 Å². The third kappa shape index (κ3) is 2.29. The number of aromatic nitrogens is 2. The van der Waals surface area contributed by atoms with Gasteiger partial charge in [-0.3, -0.25) is 0 Å². The second kappa shape index (κ2) is 5.61. The highest BCUT2D eigenvalue weighted by Gasteiger charge is 2.20. The summed E-state index contributed by atoms with van der Waals surface area (Å²) in [6.45, 7) is 2.09. The third-order valence-corrected chi connectivity index (χ3v) is 4.34. The Labute approximate surface area is 127 Å². The first kappa shape index (κ1) is 13.7. The summed E-state index contributed by atoms with van der Waals surface area (Å²) in [5, 5.41) is 6.73. The van der Waals surface area contributed by atoms with Crippen LogP contribution in [0.25, 0.3) is 16.3 Å². The van der Waals surface area contributed by atoms with E-state index in [2.05, 4.69) is 6.92 Å². The fourth-order valence-electron chi connectivity index (χ4n) is 2.39. The third-order valence-electron chi connectivity index (χ3n) is 3.44. The quantitative estimate of drug-likeness (QED) is 0.798. The molecule has 0 atom stereocenters. The summed E-state index contributed by atoms with van der Waals surface area (Å²) in [7, 11) is 1.68. The van der Waals surface area contributed by atoms with Crippen molar-refractivity contribution in [2.24, 2.45) is 0 Å². The first-order chi connectivity index (χ1) is 10.3. The van der Waals surface area contributed by atoms with Gasteiger partial charge in [-0.05, 0) is 30.0 Å². The van der Waals surface area contributed by atoms with Crippen LogP contribution in [0.15, 0.2) is 41.8 Å². The van der Waals surface area contributed by atoms with Gasteiger partial charge in [0.05, 0.1) is 17.7 Å². The van der Waals surface area contributed by atoms with Crippen LogP contribution in [-0.4, -0.2) is 16.9 Å². The van der Waals surface area contributed by atoms with Gasteiger partial charge in [0.25, 0.3) is 0 Å². The molecule has 0 spiro atoms. The van der Waals surface area contributed by atoms with E-state index in [1.54, 1.807) is 23.1 Å². The lowest BCUT2D eigenvalue weighted by molar-refractivity contribution is 0.418. The van der Waals surface area contributed by atoms with Gasteiger partial charge in [-0.15, -0.1) is 11.3 Å².